The zero-order valence-corrected chi connectivity index (χ0v) is 22.3. The van der Waals surface area contributed by atoms with E-state index >= 15 is 0 Å². The Bertz CT molecular complexity index is 233. The fourth-order valence-electron chi connectivity index (χ4n) is 0.122. The van der Waals surface area contributed by atoms with Crippen LogP contribution in [0.1, 0.15) is 0 Å². The van der Waals surface area contributed by atoms with E-state index in [1.807, 2.05) is 0 Å². The summed E-state index contributed by atoms with van der Waals surface area (Å²) in [5.41, 5.74) is 0. The summed E-state index contributed by atoms with van der Waals surface area (Å²) < 4.78 is 21.2. The summed E-state index contributed by atoms with van der Waals surface area (Å²) in [5, 5.41) is 15.3. The predicted molar refractivity (Wildman–Crippen MR) is 24.3 cm³/mol. The molecule has 0 aromatic heterocycles. The van der Waals surface area contributed by atoms with Crippen LogP contribution in [0.5, 0.6) is 0 Å². The molecule has 0 bridgehead atoms. The molecule has 0 fully saturated rings. The van der Waals surface area contributed by atoms with Crippen molar-refractivity contribution in [3.05, 3.63) is 0 Å². The van der Waals surface area contributed by atoms with Gasteiger partial charge in [-0.05, 0) is 0 Å². The first-order valence-electron chi connectivity index (χ1n) is 2.09. The van der Waals surface area contributed by atoms with Crippen molar-refractivity contribution in [1.29, 1.82) is 0 Å². The SMILES string of the molecule is O=C([O-])O.O=P([O-])([O-])OP(=O)([O-])[O-].[Na+].[Na+].[Na+].[Na+].[Na+]. The normalized spacial score (nSPS) is 8.22. The Labute approximate surface area is 213 Å². The van der Waals surface area contributed by atoms with Crippen LogP contribution in [0.15, 0.2) is 0 Å². The van der Waals surface area contributed by atoms with E-state index in [0.29, 0.717) is 0 Å². The molecule has 17 heteroatoms. The number of phosphoric acid groups is 2. The second-order valence-corrected chi connectivity index (χ2v) is 3.68. The zero-order valence-electron chi connectivity index (χ0n) is 10.5. The van der Waals surface area contributed by atoms with Crippen molar-refractivity contribution >= 4 is 21.8 Å². The molecule has 80 valence electrons. The summed E-state index contributed by atoms with van der Waals surface area (Å²) in [4.78, 5) is 45.7. The van der Waals surface area contributed by atoms with Gasteiger partial charge in [-0.1, -0.05) is 0 Å². The third kappa shape index (κ3) is 70.6. The third-order valence-corrected chi connectivity index (χ3v) is 1.80. The number of hydrogen-bond acceptors (Lipinski definition) is 9. The quantitative estimate of drug-likeness (QED) is 0.369. The Kier molecular flexibility index (Phi) is 51.8. The zero-order chi connectivity index (χ0) is 11.3. The van der Waals surface area contributed by atoms with Gasteiger partial charge in [0.05, 0.1) is 15.6 Å². The van der Waals surface area contributed by atoms with Crippen LogP contribution < -0.4 is 172 Å². The number of carboxylic acid groups (broad SMARTS) is 2. The second-order valence-electron chi connectivity index (χ2n) is 1.24. The molecule has 0 saturated heterocycles. The van der Waals surface area contributed by atoms with Gasteiger partial charge >= 0.3 is 148 Å². The molecule has 0 aliphatic heterocycles. The number of hydrogen-bond donors (Lipinski definition) is 1. The minimum absolute atomic E-state index is 0. The van der Waals surface area contributed by atoms with Crippen molar-refractivity contribution in [2.45, 2.75) is 0 Å². The van der Waals surface area contributed by atoms with Crippen molar-refractivity contribution in [2.75, 3.05) is 0 Å². The first kappa shape index (κ1) is 43.3. The van der Waals surface area contributed by atoms with Crippen LogP contribution in [-0.2, 0) is 13.4 Å². The molecule has 0 aliphatic carbocycles. The van der Waals surface area contributed by atoms with Gasteiger partial charge in [-0.25, -0.2) is 0 Å². The molecule has 0 unspecified atom stereocenters. The average Bonchev–Trinajstić information content (AvgIpc) is 1.47. The Hall–Kier alpha value is 4.53. The smallest absolute Gasteiger partial charge is 0.790 e. The maximum Gasteiger partial charge on any atom is 1.00 e. The van der Waals surface area contributed by atoms with Crippen LogP contribution in [-0.4, -0.2) is 11.3 Å². The third-order valence-electron chi connectivity index (χ3n) is 0.200. The molecule has 0 aromatic rings. The van der Waals surface area contributed by atoms with Crippen molar-refractivity contribution in [3.8, 4) is 0 Å². The van der Waals surface area contributed by atoms with Crippen molar-refractivity contribution < 1.29 is 196 Å². The van der Waals surface area contributed by atoms with Crippen LogP contribution in [0.4, 0.5) is 4.79 Å². The Morgan fingerprint density at radius 1 is 0.833 bits per heavy atom. The molecule has 0 aromatic carbocycles. The van der Waals surface area contributed by atoms with Gasteiger partial charge < -0.3 is 48.0 Å². The summed E-state index contributed by atoms with van der Waals surface area (Å²) in [5.74, 6) is 0. The van der Waals surface area contributed by atoms with Gasteiger partial charge in [0.15, 0.2) is 0 Å². The summed E-state index contributed by atoms with van der Waals surface area (Å²) >= 11 is 0. The van der Waals surface area contributed by atoms with Gasteiger partial charge in [0.2, 0.25) is 6.16 Å². The number of carbonyl (C=O) groups is 1. The largest absolute Gasteiger partial charge is 1.00 e. The van der Waals surface area contributed by atoms with E-state index in [-0.39, 0.29) is 148 Å². The Balaban J connectivity index is -0.0000000243. The fraction of sp³-hybridized carbons (Fsp3) is 0. The fourth-order valence-corrected chi connectivity index (χ4v) is 1.10. The summed E-state index contributed by atoms with van der Waals surface area (Å²) in [7, 11) is -11.4. The van der Waals surface area contributed by atoms with E-state index in [0.717, 1.165) is 0 Å². The van der Waals surface area contributed by atoms with Crippen LogP contribution >= 0.6 is 15.6 Å². The first-order valence-corrected chi connectivity index (χ1v) is 5.01. The molecule has 0 saturated carbocycles. The Morgan fingerprint density at radius 3 is 0.944 bits per heavy atom. The van der Waals surface area contributed by atoms with E-state index in [1.165, 1.54) is 0 Å². The molecule has 0 rings (SSSR count). The molecule has 1 N–H and O–H groups in total. The maximum absolute atomic E-state index is 9.32. The van der Waals surface area contributed by atoms with E-state index in [4.69, 9.17) is 15.0 Å². The van der Waals surface area contributed by atoms with Crippen molar-refractivity contribution in [2.24, 2.45) is 0 Å². The van der Waals surface area contributed by atoms with E-state index in [1.54, 1.807) is 0 Å². The van der Waals surface area contributed by atoms with Gasteiger partial charge in [0, 0.05) is 0 Å². The first-order chi connectivity index (χ1) is 5.44. The topological polar surface area (TPSA) is 196 Å². The molecule has 18 heavy (non-hydrogen) atoms. The molecular weight excluding hydrogens is 349 g/mol. The molecule has 0 aliphatic rings. The summed E-state index contributed by atoms with van der Waals surface area (Å²) in [6.45, 7) is 0. The van der Waals surface area contributed by atoms with Gasteiger partial charge in [-0.3, -0.25) is 0 Å². The molecule has 0 atom stereocenters. The minimum atomic E-state index is -5.68. The molecular formula is CHNa5O10P2. The monoisotopic (exact) mass is 350 g/mol. The second kappa shape index (κ2) is 21.5. The van der Waals surface area contributed by atoms with Crippen LogP contribution in [0.25, 0.3) is 0 Å². The number of rotatable bonds is 2. The standard InChI is InChI=1S/CH2O3.5Na.H4O7P2/c2-1(3)4;;;;;;1-8(2,3)7-9(4,5)6/h(H2,2,3,4);;;;;;(H2,1,2,3)(H2,4,5,6)/q;5*+1;/p-5. The molecule has 0 amide bonds. The molecule has 0 radical (unpaired) electrons. The van der Waals surface area contributed by atoms with Crippen LogP contribution in [0, 0.1) is 0 Å². The summed E-state index contributed by atoms with van der Waals surface area (Å²) in [6.07, 6.45) is -2.08. The van der Waals surface area contributed by atoms with Gasteiger partial charge in [0.25, 0.3) is 0 Å². The molecule has 0 spiro atoms. The maximum atomic E-state index is 9.32. The van der Waals surface area contributed by atoms with Crippen molar-refractivity contribution in [1.82, 2.24) is 0 Å². The van der Waals surface area contributed by atoms with Crippen LogP contribution in [0.3, 0.4) is 0 Å². The average molecular weight is 350 g/mol. The molecule has 0 heterocycles. The molecule has 10 nitrogen and oxygen atoms in total. The van der Waals surface area contributed by atoms with Crippen molar-refractivity contribution in [3.63, 3.8) is 0 Å². The van der Waals surface area contributed by atoms with E-state index < -0.39 is 21.8 Å². The van der Waals surface area contributed by atoms with Crippen LogP contribution in [0.2, 0.25) is 0 Å². The van der Waals surface area contributed by atoms with Gasteiger partial charge in [-0.15, -0.1) is 0 Å². The predicted octanol–water partition coefficient (Wildman–Crippen LogP) is -19.4. The Morgan fingerprint density at radius 2 is 0.944 bits per heavy atom. The minimum Gasteiger partial charge on any atom is -0.790 e. The van der Waals surface area contributed by atoms with E-state index in [9.17, 15) is 28.7 Å². The summed E-state index contributed by atoms with van der Waals surface area (Å²) in [6, 6.07) is 0. The van der Waals surface area contributed by atoms with Gasteiger partial charge in [0.1, 0.15) is 0 Å². The van der Waals surface area contributed by atoms with E-state index in [2.05, 4.69) is 4.31 Å². The van der Waals surface area contributed by atoms with Gasteiger partial charge in [-0.2, -0.15) is 0 Å².